The molecule has 2 N–H and O–H groups in total. The summed E-state index contributed by atoms with van der Waals surface area (Å²) in [7, 11) is 1.91. The van der Waals surface area contributed by atoms with E-state index in [0.29, 0.717) is 10.6 Å². The molecule has 2 atom stereocenters. The molecule has 1 amide bonds. The number of hydrogen-bond donors (Lipinski definition) is 2. The fraction of sp³-hybridized carbons (Fsp3) is 0.333. The molecule has 1 aliphatic heterocycles. The second-order valence-electron chi connectivity index (χ2n) is 7.97. The molecule has 0 unspecified atom stereocenters. The fourth-order valence-electron chi connectivity index (χ4n) is 4.19. The first-order chi connectivity index (χ1) is 14.5. The van der Waals surface area contributed by atoms with Crippen LogP contribution < -0.4 is 10.6 Å². The second-order valence-corrected chi connectivity index (χ2v) is 8.37. The summed E-state index contributed by atoms with van der Waals surface area (Å²) in [5, 5.41) is 11.6. The number of rotatable bonds is 5. The topological polar surface area (TPSA) is 59.0 Å². The van der Waals surface area contributed by atoms with Gasteiger partial charge in [-0.1, -0.05) is 48.4 Å². The molecule has 2 aromatic carbocycles. The minimum Gasteiger partial charge on any atom is -0.344 e. The first-order valence-electron chi connectivity index (χ1n) is 10.4. The van der Waals surface area contributed by atoms with Crippen LogP contribution in [0.25, 0.3) is 11.1 Å². The van der Waals surface area contributed by atoms with E-state index in [2.05, 4.69) is 33.9 Å². The van der Waals surface area contributed by atoms with Crippen LogP contribution in [0.3, 0.4) is 0 Å². The van der Waals surface area contributed by atoms with Crippen molar-refractivity contribution in [3.05, 3.63) is 76.6 Å². The number of aromatic nitrogens is 2. The highest BCUT2D eigenvalue weighted by Gasteiger charge is 2.28. The molecule has 0 bridgehead atoms. The summed E-state index contributed by atoms with van der Waals surface area (Å²) in [6.45, 7) is 2.88. The molecule has 30 heavy (non-hydrogen) atoms. The minimum atomic E-state index is -0.148. The number of nitrogens with zero attached hydrogens (tertiary/aromatic N) is 2. The Bertz CT molecular complexity index is 1020. The molecule has 2 heterocycles. The fourth-order valence-corrected chi connectivity index (χ4v) is 4.50. The van der Waals surface area contributed by atoms with Crippen LogP contribution in [0.1, 0.15) is 46.8 Å². The average Bonchev–Trinajstić information content (AvgIpc) is 3.19. The van der Waals surface area contributed by atoms with Crippen LogP contribution in [-0.4, -0.2) is 28.3 Å². The van der Waals surface area contributed by atoms with Gasteiger partial charge < -0.3 is 10.6 Å². The predicted molar refractivity (Wildman–Crippen MR) is 121 cm³/mol. The van der Waals surface area contributed by atoms with E-state index in [4.69, 9.17) is 11.6 Å². The van der Waals surface area contributed by atoms with Gasteiger partial charge in [-0.3, -0.25) is 9.48 Å². The number of aryl methyl sites for hydroxylation is 2. The molecule has 3 aromatic rings. The Balaban J connectivity index is 1.68. The van der Waals surface area contributed by atoms with Gasteiger partial charge in [0.1, 0.15) is 0 Å². The monoisotopic (exact) mass is 422 g/mol. The summed E-state index contributed by atoms with van der Waals surface area (Å²) in [5.41, 5.74) is 4.64. The van der Waals surface area contributed by atoms with E-state index in [-0.39, 0.29) is 18.0 Å². The van der Waals surface area contributed by atoms with E-state index < -0.39 is 0 Å². The van der Waals surface area contributed by atoms with Crippen molar-refractivity contribution < 1.29 is 4.79 Å². The molecule has 0 saturated carbocycles. The molecule has 1 aliphatic rings. The third-order valence-corrected chi connectivity index (χ3v) is 6.09. The third-order valence-electron chi connectivity index (χ3n) is 5.77. The molecule has 1 fully saturated rings. The van der Waals surface area contributed by atoms with Crippen LogP contribution in [-0.2, 0) is 7.05 Å². The van der Waals surface area contributed by atoms with Crippen molar-refractivity contribution in [1.82, 2.24) is 20.4 Å². The predicted octanol–water partition coefficient (Wildman–Crippen LogP) is 4.66. The highest BCUT2D eigenvalue weighted by molar-refractivity contribution is 6.34. The van der Waals surface area contributed by atoms with Gasteiger partial charge in [0.15, 0.2) is 0 Å². The van der Waals surface area contributed by atoms with Gasteiger partial charge in [-0.2, -0.15) is 5.10 Å². The molecule has 156 valence electrons. The highest BCUT2D eigenvalue weighted by atomic mass is 35.5. The maximum absolute atomic E-state index is 13.2. The zero-order valence-electron chi connectivity index (χ0n) is 17.4. The smallest absolute Gasteiger partial charge is 0.253 e. The van der Waals surface area contributed by atoms with Gasteiger partial charge in [-0.15, -0.1) is 0 Å². The normalized spacial score (nSPS) is 17.5. The van der Waals surface area contributed by atoms with Gasteiger partial charge in [0.2, 0.25) is 0 Å². The van der Waals surface area contributed by atoms with E-state index >= 15 is 0 Å². The lowest BCUT2D eigenvalue weighted by molar-refractivity contribution is 0.0922. The number of carbonyl (C=O) groups is 1. The summed E-state index contributed by atoms with van der Waals surface area (Å²) in [5.74, 6) is -0.137. The van der Waals surface area contributed by atoms with E-state index in [1.807, 2.05) is 44.6 Å². The van der Waals surface area contributed by atoms with E-state index in [1.165, 1.54) is 0 Å². The van der Waals surface area contributed by atoms with E-state index in [1.54, 1.807) is 10.7 Å². The molecule has 0 radical (unpaired) electrons. The summed E-state index contributed by atoms with van der Waals surface area (Å²) < 4.78 is 1.80. The average molecular weight is 423 g/mol. The number of nitrogens with one attached hydrogen (secondary N) is 2. The molecule has 0 spiro atoms. The van der Waals surface area contributed by atoms with Crippen molar-refractivity contribution in [2.75, 3.05) is 6.54 Å². The van der Waals surface area contributed by atoms with Crippen molar-refractivity contribution in [3.8, 4) is 11.1 Å². The van der Waals surface area contributed by atoms with E-state index in [0.717, 1.165) is 48.1 Å². The lowest BCUT2D eigenvalue weighted by Gasteiger charge is -2.33. The maximum Gasteiger partial charge on any atom is 0.253 e. The lowest BCUT2D eigenvalue weighted by atomic mass is 9.90. The van der Waals surface area contributed by atoms with Crippen molar-refractivity contribution >= 4 is 17.5 Å². The van der Waals surface area contributed by atoms with Gasteiger partial charge in [0.25, 0.3) is 5.91 Å². The van der Waals surface area contributed by atoms with Gasteiger partial charge in [0.05, 0.1) is 22.8 Å². The molecule has 4 rings (SSSR count). The zero-order chi connectivity index (χ0) is 21.1. The van der Waals surface area contributed by atoms with Crippen molar-refractivity contribution in [2.45, 2.75) is 38.3 Å². The zero-order valence-corrected chi connectivity index (χ0v) is 18.1. The number of halogens is 1. The Labute approximate surface area is 182 Å². The van der Waals surface area contributed by atoms with Gasteiger partial charge in [-0.25, -0.2) is 0 Å². The van der Waals surface area contributed by atoms with Gasteiger partial charge in [-0.05, 0) is 55.1 Å². The molecule has 1 saturated heterocycles. The number of hydrogen-bond acceptors (Lipinski definition) is 3. The molecule has 5 nitrogen and oxygen atoms in total. The Hall–Kier alpha value is -2.63. The van der Waals surface area contributed by atoms with Crippen LogP contribution >= 0.6 is 11.6 Å². The van der Waals surface area contributed by atoms with Crippen LogP contribution in [0.2, 0.25) is 5.02 Å². The molecular weight excluding hydrogens is 396 g/mol. The van der Waals surface area contributed by atoms with Crippen LogP contribution in [0.15, 0.2) is 54.9 Å². The Morgan fingerprint density at radius 2 is 2.07 bits per heavy atom. The van der Waals surface area contributed by atoms with Crippen LogP contribution in [0.4, 0.5) is 0 Å². The maximum atomic E-state index is 13.2. The van der Waals surface area contributed by atoms with Crippen molar-refractivity contribution in [2.24, 2.45) is 7.05 Å². The van der Waals surface area contributed by atoms with E-state index in [9.17, 15) is 4.79 Å². The first kappa shape index (κ1) is 20.6. The second kappa shape index (κ2) is 9.02. The Morgan fingerprint density at radius 3 is 2.77 bits per heavy atom. The van der Waals surface area contributed by atoms with Crippen molar-refractivity contribution in [1.29, 1.82) is 0 Å². The lowest BCUT2D eigenvalue weighted by Crippen LogP contribution is -2.46. The minimum absolute atomic E-state index is 0.137. The summed E-state index contributed by atoms with van der Waals surface area (Å²) >= 11 is 6.36. The quantitative estimate of drug-likeness (QED) is 0.628. The van der Waals surface area contributed by atoms with Gasteiger partial charge >= 0.3 is 0 Å². The van der Waals surface area contributed by atoms with Crippen molar-refractivity contribution in [3.63, 3.8) is 0 Å². The summed E-state index contributed by atoms with van der Waals surface area (Å²) in [6, 6.07) is 13.9. The molecule has 1 aromatic heterocycles. The molecular formula is C24H27ClN4O. The number of benzene rings is 2. The Kier molecular flexibility index (Phi) is 6.21. The van der Waals surface area contributed by atoms with Crippen LogP contribution in [0, 0.1) is 6.92 Å². The SMILES string of the molecule is Cc1cccc(Cl)c1C(=O)N[C@@H](c1cccc(-c2cnn(C)c2)c1)[C@@H]1CCCCN1. The summed E-state index contributed by atoms with van der Waals surface area (Å²) in [4.78, 5) is 13.2. The highest BCUT2D eigenvalue weighted by Crippen LogP contribution is 2.29. The standard InChI is InChI=1S/C24H27ClN4O/c1-16-7-5-10-20(25)22(16)24(30)28-23(21-11-3-4-12-26-21)18-9-6-8-17(13-18)19-14-27-29(2)15-19/h5-10,13-15,21,23,26H,3-4,11-12H2,1-2H3,(H,28,30)/t21-,23-/m0/s1. The molecule has 6 heteroatoms. The number of carbonyl (C=O) groups excluding carboxylic acids is 1. The summed E-state index contributed by atoms with van der Waals surface area (Å²) in [6.07, 6.45) is 7.19. The molecule has 0 aliphatic carbocycles. The first-order valence-corrected chi connectivity index (χ1v) is 10.8. The third kappa shape index (κ3) is 4.42. The van der Waals surface area contributed by atoms with Crippen LogP contribution in [0.5, 0.6) is 0 Å². The van der Waals surface area contributed by atoms with Gasteiger partial charge in [0, 0.05) is 24.8 Å². The Morgan fingerprint density at radius 1 is 1.23 bits per heavy atom. The number of piperidine rings is 1. The largest absolute Gasteiger partial charge is 0.344 e. The number of amides is 1.